The number of carbonyl (C=O) groups excluding carboxylic acids is 1. The number of nitrogens with one attached hydrogen (secondary N) is 1. The summed E-state index contributed by atoms with van der Waals surface area (Å²) >= 11 is 12.2. The van der Waals surface area contributed by atoms with Crippen molar-refractivity contribution >= 4 is 34.9 Å². The Morgan fingerprint density at radius 3 is 2.65 bits per heavy atom. The van der Waals surface area contributed by atoms with Crippen LogP contribution in [0.1, 0.15) is 42.7 Å². The summed E-state index contributed by atoms with van der Waals surface area (Å²) < 4.78 is 12.9. The van der Waals surface area contributed by atoms with Gasteiger partial charge in [0, 0.05) is 17.8 Å². The number of hydrogen-bond acceptors (Lipinski definition) is 5. The van der Waals surface area contributed by atoms with E-state index in [1.54, 1.807) is 30.3 Å². The third-order valence-corrected chi connectivity index (χ3v) is 4.81. The van der Waals surface area contributed by atoms with Gasteiger partial charge in [-0.05, 0) is 44.5 Å². The average Bonchev–Trinajstić information content (AvgIpc) is 3.09. The van der Waals surface area contributed by atoms with E-state index in [1.165, 1.54) is 10.9 Å². The van der Waals surface area contributed by atoms with Gasteiger partial charge in [0.05, 0.1) is 29.0 Å². The first kappa shape index (κ1) is 22.9. The summed E-state index contributed by atoms with van der Waals surface area (Å²) in [6.07, 6.45) is 3.44. The van der Waals surface area contributed by atoms with Crippen molar-refractivity contribution in [3.8, 4) is 17.3 Å². The maximum Gasteiger partial charge on any atom is 0.256 e. The highest BCUT2D eigenvalue weighted by atomic mass is 35.5. The van der Waals surface area contributed by atoms with E-state index in [0.29, 0.717) is 57.7 Å². The number of amides is 1. The third-order valence-electron chi connectivity index (χ3n) is 4.32. The van der Waals surface area contributed by atoms with E-state index in [4.69, 9.17) is 32.7 Å². The number of nitrogens with zero attached hydrogens (tertiary/aromatic N) is 3. The predicted octanol–water partition coefficient (Wildman–Crippen LogP) is 5.71. The lowest BCUT2D eigenvalue weighted by Crippen LogP contribution is -2.16. The van der Waals surface area contributed by atoms with Gasteiger partial charge >= 0.3 is 0 Å². The third kappa shape index (κ3) is 5.68. The molecule has 2 heterocycles. The second-order valence-corrected chi connectivity index (χ2v) is 7.64. The van der Waals surface area contributed by atoms with Crippen molar-refractivity contribution in [3.05, 3.63) is 57.8 Å². The molecule has 0 aliphatic carbocycles. The molecule has 7 nitrogen and oxygen atoms in total. The molecule has 164 valence electrons. The number of pyridine rings is 1. The minimum atomic E-state index is -0.327. The van der Waals surface area contributed by atoms with Crippen molar-refractivity contribution in [1.82, 2.24) is 14.8 Å². The molecule has 1 amide bonds. The van der Waals surface area contributed by atoms with Crippen molar-refractivity contribution in [2.24, 2.45) is 0 Å². The van der Waals surface area contributed by atoms with Gasteiger partial charge in [-0.2, -0.15) is 9.78 Å². The largest absolute Gasteiger partial charge is 0.490 e. The first-order valence-corrected chi connectivity index (χ1v) is 10.8. The molecular formula is C22H24Cl2N4O3. The molecule has 9 heteroatoms. The quantitative estimate of drug-likeness (QED) is 0.411. The maximum atomic E-state index is 13.0. The molecule has 3 aromatic rings. The molecule has 0 atom stereocenters. The van der Waals surface area contributed by atoms with Crippen LogP contribution in [0.3, 0.4) is 0 Å². The summed E-state index contributed by atoms with van der Waals surface area (Å²) in [4.78, 5) is 17.2. The Bertz CT molecular complexity index is 1070. The molecule has 3 rings (SSSR count). The van der Waals surface area contributed by atoms with Crippen LogP contribution in [0.4, 0.5) is 5.82 Å². The molecule has 0 bridgehead atoms. The van der Waals surface area contributed by atoms with Crippen LogP contribution in [0.2, 0.25) is 10.0 Å². The van der Waals surface area contributed by atoms with Gasteiger partial charge in [0.25, 0.3) is 5.91 Å². The highest BCUT2D eigenvalue weighted by Crippen LogP contribution is 2.30. The minimum absolute atomic E-state index is 0.318. The summed E-state index contributed by atoms with van der Waals surface area (Å²) in [7, 11) is 0. The number of rotatable bonds is 9. The topological polar surface area (TPSA) is 78.3 Å². The van der Waals surface area contributed by atoms with E-state index in [1.807, 2.05) is 13.8 Å². The van der Waals surface area contributed by atoms with Crippen LogP contribution in [-0.4, -0.2) is 33.9 Å². The second-order valence-electron chi connectivity index (χ2n) is 6.79. The number of carbonyl (C=O) groups is 1. The highest BCUT2D eigenvalue weighted by Gasteiger charge is 2.17. The molecule has 0 unspecified atom stereocenters. The van der Waals surface area contributed by atoms with E-state index < -0.39 is 0 Å². The standard InChI is InChI=1S/C22H24Cl2N4O3/c1-4-6-9-31-18-8-7-15(11-19(18)30-5-2)22(29)26-20-10-14(3)27-28(20)21-17(24)12-16(23)13-25-21/h7-8,10-13H,4-6,9H2,1-3H3,(H,26,29). The lowest BCUT2D eigenvalue weighted by atomic mass is 10.2. The van der Waals surface area contributed by atoms with Gasteiger partial charge in [-0.3, -0.25) is 4.79 Å². The Balaban J connectivity index is 1.85. The van der Waals surface area contributed by atoms with Crippen molar-refractivity contribution in [1.29, 1.82) is 0 Å². The summed E-state index contributed by atoms with van der Waals surface area (Å²) in [5.41, 5.74) is 1.12. The van der Waals surface area contributed by atoms with Crippen LogP contribution in [0, 0.1) is 6.92 Å². The Morgan fingerprint density at radius 1 is 1.13 bits per heavy atom. The van der Waals surface area contributed by atoms with Gasteiger partial charge in [-0.15, -0.1) is 0 Å². The van der Waals surface area contributed by atoms with Crippen LogP contribution in [0.25, 0.3) is 5.82 Å². The number of benzene rings is 1. The van der Waals surface area contributed by atoms with E-state index in [-0.39, 0.29) is 5.91 Å². The Morgan fingerprint density at radius 2 is 1.94 bits per heavy atom. The minimum Gasteiger partial charge on any atom is -0.490 e. The zero-order chi connectivity index (χ0) is 22.4. The molecule has 0 aliphatic rings. The van der Waals surface area contributed by atoms with Gasteiger partial charge in [0.1, 0.15) is 5.82 Å². The molecule has 0 saturated carbocycles. The molecule has 0 aliphatic heterocycles. The fourth-order valence-corrected chi connectivity index (χ4v) is 3.33. The van der Waals surface area contributed by atoms with Gasteiger partial charge in [0.15, 0.2) is 17.3 Å². The fourth-order valence-electron chi connectivity index (χ4n) is 2.86. The molecule has 1 aromatic carbocycles. The Kier molecular flexibility index (Phi) is 7.76. The number of aryl methyl sites for hydroxylation is 1. The second kappa shape index (κ2) is 10.5. The van der Waals surface area contributed by atoms with Crippen molar-refractivity contribution in [3.63, 3.8) is 0 Å². The first-order valence-electron chi connectivity index (χ1n) is 10.0. The molecule has 0 fully saturated rings. The molecule has 0 radical (unpaired) electrons. The molecule has 31 heavy (non-hydrogen) atoms. The van der Waals surface area contributed by atoms with E-state index in [9.17, 15) is 4.79 Å². The van der Waals surface area contributed by atoms with E-state index in [2.05, 4.69) is 22.3 Å². The van der Waals surface area contributed by atoms with Gasteiger partial charge < -0.3 is 14.8 Å². The Hall–Kier alpha value is -2.77. The number of halogens is 2. The summed E-state index contributed by atoms with van der Waals surface area (Å²) in [5.74, 6) is 1.61. The summed E-state index contributed by atoms with van der Waals surface area (Å²) in [5, 5.41) is 7.98. The summed E-state index contributed by atoms with van der Waals surface area (Å²) in [6, 6.07) is 8.41. The zero-order valence-electron chi connectivity index (χ0n) is 17.6. The smallest absolute Gasteiger partial charge is 0.256 e. The van der Waals surface area contributed by atoms with Gasteiger partial charge in [-0.1, -0.05) is 36.5 Å². The summed E-state index contributed by atoms with van der Waals surface area (Å²) in [6.45, 7) is 6.84. The normalized spacial score (nSPS) is 10.7. The predicted molar refractivity (Wildman–Crippen MR) is 122 cm³/mol. The lowest BCUT2D eigenvalue weighted by Gasteiger charge is -2.14. The first-order chi connectivity index (χ1) is 14.9. The van der Waals surface area contributed by atoms with Crippen LogP contribution >= 0.6 is 23.2 Å². The van der Waals surface area contributed by atoms with Crippen LogP contribution in [0.5, 0.6) is 11.5 Å². The van der Waals surface area contributed by atoms with Crippen molar-refractivity contribution < 1.29 is 14.3 Å². The van der Waals surface area contributed by atoms with Crippen LogP contribution in [0.15, 0.2) is 36.5 Å². The number of aromatic nitrogens is 3. The molecule has 1 N–H and O–H groups in total. The molecule has 2 aromatic heterocycles. The highest BCUT2D eigenvalue weighted by molar-refractivity contribution is 6.35. The fraction of sp³-hybridized carbons (Fsp3) is 0.318. The van der Waals surface area contributed by atoms with Gasteiger partial charge in [-0.25, -0.2) is 4.98 Å². The van der Waals surface area contributed by atoms with Crippen molar-refractivity contribution in [2.75, 3.05) is 18.5 Å². The van der Waals surface area contributed by atoms with Crippen LogP contribution in [-0.2, 0) is 0 Å². The average molecular weight is 463 g/mol. The lowest BCUT2D eigenvalue weighted by molar-refractivity contribution is 0.102. The Labute approximate surface area is 191 Å². The zero-order valence-corrected chi connectivity index (χ0v) is 19.1. The molecular weight excluding hydrogens is 439 g/mol. The monoisotopic (exact) mass is 462 g/mol. The van der Waals surface area contributed by atoms with Crippen molar-refractivity contribution in [2.45, 2.75) is 33.6 Å². The number of anilines is 1. The molecule has 0 saturated heterocycles. The van der Waals surface area contributed by atoms with Crippen LogP contribution < -0.4 is 14.8 Å². The number of hydrogen-bond donors (Lipinski definition) is 1. The maximum absolute atomic E-state index is 13.0. The number of ether oxygens (including phenoxy) is 2. The SMILES string of the molecule is CCCCOc1ccc(C(=O)Nc2cc(C)nn2-c2ncc(Cl)cc2Cl)cc1OCC. The molecule has 0 spiro atoms. The van der Waals surface area contributed by atoms with Gasteiger partial charge in [0.2, 0.25) is 0 Å². The van der Waals surface area contributed by atoms with E-state index >= 15 is 0 Å². The van der Waals surface area contributed by atoms with E-state index in [0.717, 1.165) is 12.8 Å². The number of unbranched alkanes of at least 4 members (excludes halogenated alkanes) is 1.